The molecule has 12 heteroatoms. The lowest BCUT2D eigenvalue weighted by Gasteiger charge is -2.40. The molecule has 6 unspecified atom stereocenters. The highest BCUT2D eigenvalue weighted by atomic mass is 16.7. The van der Waals surface area contributed by atoms with Crippen molar-refractivity contribution in [2.24, 2.45) is 0 Å². The largest absolute Gasteiger partial charge is 0.479 e. The van der Waals surface area contributed by atoms with Gasteiger partial charge in [0.15, 0.2) is 24.6 Å². The number of hydrogen-bond acceptors (Lipinski definition) is 11. The van der Waals surface area contributed by atoms with E-state index in [1.807, 2.05) is 12.2 Å². The van der Waals surface area contributed by atoms with Crippen LogP contribution in [-0.2, 0) is 42.9 Å². The van der Waals surface area contributed by atoms with Crippen LogP contribution in [0.1, 0.15) is 303 Å². The molecule has 1 saturated heterocycles. The lowest BCUT2D eigenvalue weighted by Crippen LogP contribution is -2.61. The highest BCUT2D eigenvalue weighted by molar-refractivity contribution is 5.74. The van der Waals surface area contributed by atoms with Crippen LogP contribution in [0.2, 0.25) is 0 Å². The summed E-state index contributed by atoms with van der Waals surface area (Å²) in [5, 5.41) is 31.5. The molecule has 0 aliphatic carbocycles. The van der Waals surface area contributed by atoms with Gasteiger partial charge in [-0.05, 0) is 44.9 Å². The number of carboxylic acids is 1. The number of unbranched alkanes of at least 4 members (excludes halogenated alkanes) is 34. The number of carboxylic acid groups (broad SMARTS) is 1. The van der Waals surface area contributed by atoms with E-state index in [-0.39, 0.29) is 25.9 Å². The standard InChI is InChI=1S/C69H120O12/c1-4-7-10-13-16-19-22-25-28-30-31-33-35-37-40-43-46-49-52-55-61(70)77-58-60(79-62(71)56-53-50-47-44-41-39-36-32-29-26-23-20-17-14-11-8-5-2)59-78-69-67(65(74)64(73)66(81-69)68(75)76)80-63(72)57-54-51-48-45-42-38-34-27-24-21-18-15-12-9-6-3/h9,12,18,21,27,34,42,45,51,54,60,64-67,69,73-74H,4-8,10-11,13-17,19-20,22-26,28-33,35-41,43-44,46-50,52-53,55-59H2,1-3H3,(H,75,76)/b12-9-,21-18-,34-27-,45-42-,54-51-. The molecule has 0 spiro atoms. The van der Waals surface area contributed by atoms with Gasteiger partial charge in [-0.15, -0.1) is 0 Å². The van der Waals surface area contributed by atoms with Crippen LogP contribution in [0.5, 0.6) is 0 Å². The molecule has 0 radical (unpaired) electrons. The Labute approximate surface area is 494 Å². The maximum Gasteiger partial charge on any atom is 0.335 e. The number of aliphatic carboxylic acids is 1. The fraction of sp³-hybridized carbons (Fsp3) is 0.797. The minimum absolute atomic E-state index is 0.157. The van der Waals surface area contributed by atoms with Crippen molar-refractivity contribution >= 4 is 23.9 Å². The molecule has 0 bridgehead atoms. The normalized spacial score (nSPS) is 18.1. The molecule has 1 heterocycles. The fourth-order valence-electron chi connectivity index (χ4n) is 10.1. The first-order valence-corrected chi connectivity index (χ1v) is 33.3. The number of aliphatic hydroxyl groups is 2. The number of esters is 3. The predicted molar refractivity (Wildman–Crippen MR) is 331 cm³/mol. The maximum atomic E-state index is 13.2. The summed E-state index contributed by atoms with van der Waals surface area (Å²) in [5.41, 5.74) is 0. The summed E-state index contributed by atoms with van der Waals surface area (Å²) in [4.78, 5) is 51.3. The van der Waals surface area contributed by atoms with Crippen molar-refractivity contribution in [3.05, 3.63) is 60.8 Å². The van der Waals surface area contributed by atoms with Gasteiger partial charge in [0.25, 0.3) is 0 Å². The van der Waals surface area contributed by atoms with Crippen molar-refractivity contribution in [3.63, 3.8) is 0 Å². The number of rotatable bonds is 57. The Bertz CT molecular complexity index is 1640. The molecule has 0 aromatic rings. The summed E-state index contributed by atoms with van der Waals surface area (Å²) in [6.45, 7) is 5.89. The summed E-state index contributed by atoms with van der Waals surface area (Å²) in [5.74, 6) is -3.25. The van der Waals surface area contributed by atoms with Crippen molar-refractivity contribution < 1.29 is 58.2 Å². The van der Waals surface area contributed by atoms with Crippen molar-refractivity contribution in [2.45, 2.75) is 340 Å². The minimum Gasteiger partial charge on any atom is -0.479 e. The van der Waals surface area contributed by atoms with Crippen LogP contribution in [-0.4, -0.2) is 89.2 Å². The molecule has 0 amide bonds. The number of allylic oxidation sites excluding steroid dienone is 9. The third-order valence-corrected chi connectivity index (χ3v) is 15.1. The van der Waals surface area contributed by atoms with Gasteiger partial charge < -0.3 is 39.0 Å². The van der Waals surface area contributed by atoms with Gasteiger partial charge in [0.2, 0.25) is 0 Å². The molecule has 3 N–H and O–H groups in total. The van der Waals surface area contributed by atoms with Gasteiger partial charge in [-0.1, -0.05) is 300 Å². The summed E-state index contributed by atoms with van der Waals surface area (Å²) in [7, 11) is 0. The Kier molecular flexibility index (Phi) is 53.0. The summed E-state index contributed by atoms with van der Waals surface area (Å²) in [6.07, 6.45) is 59.3. The van der Waals surface area contributed by atoms with Crippen LogP contribution in [0.4, 0.5) is 0 Å². The van der Waals surface area contributed by atoms with E-state index in [0.717, 1.165) is 64.2 Å². The molecular weight excluding hydrogens is 1020 g/mol. The number of carbonyl (C=O) groups is 4. The minimum atomic E-state index is -1.93. The van der Waals surface area contributed by atoms with Gasteiger partial charge >= 0.3 is 23.9 Å². The highest BCUT2D eigenvalue weighted by Gasteiger charge is 2.50. The van der Waals surface area contributed by atoms with E-state index in [2.05, 4.69) is 57.2 Å². The summed E-state index contributed by atoms with van der Waals surface area (Å²) >= 11 is 0. The molecule has 0 saturated carbocycles. The summed E-state index contributed by atoms with van der Waals surface area (Å²) < 4.78 is 28.4. The van der Waals surface area contributed by atoms with E-state index in [1.54, 1.807) is 12.2 Å². The maximum absolute atomic E-state index is 13.2. The van der Waals surface area contributed by atoms with Gasteiger partial charge in [0.1, 0.15) is 18.8 Å². The molecule has 1 fully saturated rings. The van der Waals surface area contributed by atoms with Gasteiger partial charge in [-0.2, -0.15) is 0 Å². The SMILES string of the molecule is CC/C=C\C/C=C\C/C=C\C/C=C\C/C=C\CC(=O)OC1C(OCC(COC(=O)CCCCCCCCCCCCCCCCCCCCC)OC(=O)CCCCCCCCCCCCCCCCCCC)OC(C(=O)O)C(O)C1O. The van der Waals surface area contributed by atoms with E-state index in [9.17, 15) is 34.5 Å². The first kappa shape index (κ1) is 75.4. The van der Waals surface area contributed by atoms with Gasteiger partial charge in [0.05, 0.1) is 13.0 Å². The quantitative estimate of drug-likeness (QED) is 0.0228. The topological polar surface area (TPSA) is 175 Å². The highest BCUT2D eigenvalue weighted by Crippen LogP contribution is 2.26. The van der Waals surface area contributed by atoms with Gasteiger partial charge in [-0.25, -0.2) is 4.79 Å². The lowest BCUT2D eigenvalue weighted by molar-refractivity contribution is -0.301. The van der Waals surface area contributed by atoms with Crippen LogP contribution >= 0.6 is 0 Å². The second-order valence-electron chi connectivity index (χ2n) is 22.8. The van der Waals surface area contributed by atoms with Crippen molar-refractivity contribution in [1.29, 1.82) is 0 Å². The third-order valence-electron chi connectivity index (χ3n) is 15.1. The molecule has 12 nitrogen and oxygen atoms in total. The van der Waals surface area contributed by atoms with Crippen molar-refractivity contribution in [2.75, 3.05) is 13.2 Å². The van der Waals surface area contributed by atoms with Crippen LogP contribution in [0.3, 0.4) is 0 Å². The Morgan fingerprint density at radius 1 is 0.420 bits per heavy atom. The van der Waals surface area contributed by atoms with Crippen LogP contribution in [0, 0.1) is 0 Å². The second kappa shape index (κ2) is 56.9. The molecule has 468 valence electrons. The van der Waals surface area contributed by atoms with Crippen LogP contribution < -0.4 is 0 Å². The van der Waals surface area contributed by atoms with Crippen LogP contribution in [0.25, 0.3) is 0 Å². The Morgan fingerprint density at radius 3 is 1.14 bits per heavy atom. The van der Waals surface area contributed by atoms with E-state index in [1.165, 1.54) is 180 Å². The average molecular weight is 1140 g/mol. The van der Waals surface area contributed by atoms with Gasteiger partial charge in [-0.3, -0.25) is 14.4 Å². The van der Waals surface area contributed by atoms with Crippen LogP contribution in [0.15, 0.2) is 60.8 Å². The lowest BCUT2D eigenvalue weighted by atomic mass is 9.98. The zero-order valence-corrected chi connectivity index (χ0v) is 51.8. The number of ether oxygens (including phenoxy) is 5. The molecule has 0 aromatic carbocycles. The molecule has 1 aliphatic rings. The number of hydrogen-bond donors (Lipinski definition) is 3. The zero-order chi connectivity index (χ0) is 58.9. The van der Waals surface area contributed by atoms with E-state index >= 15 is 0 Å². The first-order chi connectivity index (χ1) is 39.6. The molecule has 81 heavy (non-hydrogen) atoms. The monoisotopic (exact) mass is 1140 g/mol. The Balaban J connectivity index is 2.67. The number of carbonyl (C=O) groups excluding carboxylic acids is 3. The molecule has 1 rings (SSSR count). The fourth-order valence-corrected chi connectivity index (χ4v) is 10.1. The van der Waals surface area contributed by atoms with E-state index in [4.69, 9.17) is 23.7 Å². The van der Waals surface area contributed by atoms with Crippen molar-refractivity contribution in [1.82, 2.24) is 0 Å². The molecular formula is C69H120O12. The second-order valence-corrected chi connectivity index (χ2v) is 22.8. The smallest absolute Gasteiger partial charge is 0.335 e. The first-order valence-electron chi connectivity index (χ1n) is 33.3. The van der Waals surface area contributed by atoms with Crippen molar-refractivity contribution in [3.8, 4) is 0 Å². The molecule has 6 atom stereocenters. The Morgan fingerprint density at radius 2 is 0.765 bits per heavy atom. The van der Waals surface area contributed by atoms with Gasteiger partial charge in [0, 0.05) is 12.8 Å². The average Bonchev–Trinajstić information content (AvgIpc) is 3.53. The predicted octanol–water partition coefficient (Wildman–Crippen LogP) is 17.9. The van der Waals surface area contributed by atoms with E-state index in [0.29, 0.717) is 19.3 Å². The summed E-state index contributed by atoms with van der Waals surface area (Å²) in [6, 6.07) is 0. The third kappa shape index (κ3) is 46.5. The van der Waals surface area contributed by atoms with E-state index < -0.39 is 67.3 Å². The molecule has 0 aromatic heterocycles. The molecule has 1 aliphatic heterocycles. The zero-order valence-electron chi connectivity index (χ0n) is 51.8. The Hall–Kier alpha value is -3.58. The number of aliphatic hydroxyl groups excluding tert-OH is 2.